The summed E-state index contributed by atoms with van der Waals surface area (Å²) in [5.41, 5.74) is 32.9. The standard InChI is InChI=1S/3C30H32N/c1-19-16-17-31(7)25(18-19)26-20(2)12-15-24-27(26)23-14-13-21-10-8-9-11-22(21)28(23)30(5,6)29(24,3)4;1-19-14-15-31(7)27(16-19)24-18-26-25(17-20(24)2)23-13-12-21-10-8-9-11-22(21)28(23)30(5,6)29(26,3)4;1-19-14-15-31(7)26(16-19)27-20(2)12-13-24-28(27)23-17-21-10-8-9-11-22(21)18-25(23)30(5,6)29(24,3)4/h3*8-18H,1-7H3/q3*+1. The molecule has 0 unspecified atom stereocenters. The van der Waals surface area contributed by atoms with Crippen molar-refractivity contribution >= 4 is 32.3 Å². The Kier molecular flexibility index (Phi) is 15.0. The molecule has 3 aromatic heterocycles. The fourth-order valence-electron chi connectivity index (χ4n) is 16.4. The maximum Gasteiger partial charge on any atom is 0.213 e. The van der Waals surface area contributed by atoms with E-state index in [0.29, 0.717) is 0 Å². The number of aromatic nitrogens is 3. The molecule has 0 radical (unpaired) electrons. The molecule has 3 aliphatic rings. The number of hydrogen-bond donors (Lipinski definition) is 0. The average Bonchev–Trinajstić information content (AvgIpc) is 0.716. The number of hydrogen-bond acceptors (Lipinski definition) is 0. The second-order valence-corrected chi connectivity index (χ2v) is 31.1. The second-order valence-electron chi connectivity index (χ2n) is 31.1. The van der Waals surface area contributed by atoms with Crippen LogP contribution >= 0.6 is 0 Å². The van der Waals surface area contributed by atoms with E-state index in [-0.39, 0.29) is 32.5 Å². The molecule has 15 rings (SSSR count). The number of pyridine rings is 3. The van der Waals surface area contributed by atoms with Crippen molar-refractivity contribution in [1.29, 1.82) is 0 Å². The predicted octanol–water partition coefficient (Wildman–Crippen LogP) is 21.6. The van der Waals surface area contributed by atoms with Gasteiger partial charge in [-0.15, -0.1) is 0 Å². The van der Waals surface area contributed by atoms with Gasteiger partial charge in [0.25, 0.3) is 0 Å². The van der Waals surface area contributed by atoms with E-state index in [1.807, 2.05) is 0 Å². The van der Waals surface area contributed by atoms with Gasteiger partial charge in [0.2, 0.25) is 17.1 Å². The Bertz CT molecular complexity index is 4950. The molecule has 3 aliphatic carbocycles. The SMILES string of the molecule is Cc1cc[n+](C)c(-c2c(C)ccc3c2-c2cc4ccccc4cc2C(C)(C)C3(C)C)c1.Cc1cc[n+](C)c(-c2c(C)ccc3c2-c2ccc4ccccc4c2C(C)(C)C3(C)C)c1.Cc1cc[n+](C)c(-c2cc3c(cc2C)-c2ccc4ccccc4c2C(C)(C)C3(C)C)c1. The third-order valence-corrected chi connectivity index (χ3v) is 24.1. The van der Waals surface area contributed by atoms with Gasteiger partial charge in [0.1, 0.15) is 21.1 Å². The fourth-order valence-corrected chi connectivity index (χ4v) is 16.4. The monoisotopic (exact) mass is 1220 g/mol. The molecule has 3 heteroatoms. The lowest BCUT2D eigenvalue weighted by atomic mass is 9.54. The molecule has 0 saturated heterocycles. The molecule has 0 spiro atoms. The van der Waals surface area contributed by atoms with E-state index in [0.717, 1.165) is 0 Å². The Hall–Kier alpha value is -8.79. The van der Waals surface area contributed by atoms with Gasteiger partial charge in [-0.2, -0.15) is 0 Å². The number of fused-ring (bicyclic) bond motifs is 14. The number of benzene rings is 9. The number of rotatable bonds is 3. The molecule has 0 aliphatic heterocycles. The Morgan fingerprint density at radius 1 is 0.247 bits per heavy atom. The summed E-state index contributed by atoms with van der Waals surface area (Å²) in [4.78, 5) is 0. The van der Waals surface area contributed by atoms with Crippen molar-refractivity contribution in [3.63, 3.8) is 0 Å². The number of nitrogens with zero attached hydrogens (tertiary/aromatic N) is 3. The first-order valence-corrected chi connectivity index (χ1v) is 33.8. The van der Waals surface area contributed by atoms with Gasteiger partial charge >= 0.3 is 0 Å². The molecule has 3 heterocycles. The molecular weight excluding hydrogens is 1120 g/mol. The van der Waals surface area contributed by atoms with E-state index in [1.54, 1.807) is 0 Å². The van der Waals surface area contributed by atoms with Crippen LogP contribution in [0, 0.1) is 41.5 Å². The van der Waals surface area contributed by atoms with E-state index in [1.165, 1.54) is 166 Å². The smallest absolute Gasteiger partial charge is 0.201 e. The van der Waals surface area contributed by atoms with Crippen LogP contribution in [-0.4, -0.2) is 0 Å². The molecule has 93 heavy (non-hydrogen) atoms. The quantitative estimate of drug-likeness (QED) is 0.156. The minimum atomic E-state index is -0.00962. The molecule has 0 saturated carbocycles. The van der Waals surface area contributed by atoms with Crippen LogP contribution in [-0.2, 0) is 53.6 Å². The highest BCUT2D eigenvalue weighted by atomic mass is 14.9. The Morgan fingerprint density at radius 3 is 1.13 bits per heavy atom. The summed E-state index contributed by atoms with van der Waals surface area (Å²) in [6.07, 6.45) is 6.53. The first kappa shape index (κ1) is 63.0. The average molecular weight is 1220 g/mol. The van der Waals surface area contributed by atoms with Crippen LogP contribution in [0.15, 0.2) is 201 Å². The van der Waals surface area contributed by atoms with Crippen molar-refractivity contribution in [3.8, 4) is 67.2 Å². The minimum absolute atomic E-state index is 0.00246. The number of aryl methyl sites for hydroxylation is 9. The molecule has 0 bridgehead atoms. The molecule has 468 valence electrons. The van der Waals surface area contributed by atoms with E-state index < -0.39 is 0 Å². The molecule has 0 amide bonds. The molecular formula is C90H96N3+3. The summed E-state index contributed by atoms with van der Waals surface area (Å²) < 4.78 is 6.77. The van der Waals surface area contributed by atoms with Gasteiger partial charge < -0.3 is 0 Å². The molecule has 0 fully saturated rings. The van der Waals surface area contributed by atoms with Crippen molar-refractivity contribution < 1.29 is 13.7 Å². The summed E-state index contributed by atoms with van der Waals surface area (Å²) in [5.74, 6) is 0. The fraction of sp³-hybridized carbons (Fsp3) is 0.300. The van der Waals surface area contributed by atoms with E-state index >= 15 is 0 Å². The molecule has 0 N–H and O–H groups in total. The maximum absolute atomic E-state index is 2.47. The normalized spacial score (nSPS) is 16.1. The van der Waals surface area contributed by atoms with E-state index in [4.69, 9.17) is 0 Å². The van der Waals surface area contributed by atoms with Gasteiger partial charge in [-0.1, -0.05) is 210 Å². The van der Waals surface area contributed by atoms with Crippen molar-refractivity contribution in [1.82, 2.24) is 0 Å². The van der Waals surface area contributed by atoms with Crippen LogP contribution in [0.25, 0.3) is 99.5 Å². The van der Waals surface area contributed by atoms with Crippen molar-refractivity contribution in [2.45, 2.75) is 157 Å². The lowest BCUT2D eigenvalue weighted by Gasteiger charge is -2.49. The summed E-state index contributed by atoms with van der Waals surface area (Å²) in [5, 5.41) is 8.05. The summed E-state index contributed by atoms with van der Waals surface area (Å²) in [6.45, 7) is 42.3. The van der Waals surface area contributed by atoms with Gasteiger partial charge in [0.05, 0.1) is 11.1 Å². The third-order valence-electron chi connectivity index (χ3n) is 24.1. The van der Waals surface area contributed by atoms with Crippen LogP contribution in [0.1, 0.15) is 150 Å². The van der Waals surface area contributed by atoms with Crippen molar-refractivity contribution in [3.05, 3.63) is 267 Å². The van der Waals surface area contributed by atoms with Crippen LogP contribution in [0.2, 0.25) is 0 Å². The lowest BCUT2D eigenvalue weighted by molar-refractivity contribution is -0.660. The molecule has 3 nitrogen and oxygen atoms in total. The highest BCUT2D eigenvalue weighted by Crippen LogP contribution is 2.60. The molecule has 12 aromatic rings. The predicted molar refractivity (Wildman–Crippen MR) is 395 cm³/mol. The van der Waals surface area contributed by atoms with Gasteiger partial charge in [-0.05, 0) is 214 Å². The summed E-state index contributed by atoms with van der Waals surface area (Å²) in [7, 11) is 6.46. The Labute approximate surface area is 555 Å². The van der Waals surface area contributed by atoms with Gasteiger partial charge in [-0.3, -0.25) is 0 Å². The molecule has 0 atom stereocenters. The van der Waals surface area contributed by atoms with Crippen LogP contribution in [0.5, 0.6) is 0 Å². The van der Waals surface area contributed by atoms with E-state index in [9.17, 15) is 0 Å². The molecule has 9 aromatic carbocycles. The lowest BCUT2D eigenvalue weighted by Crippen LogP contribution is -2.44. The Balaban J connectivity index is 0.000000127. The Morgan fingerprint density at radius 2 is 0.624 bits per heavy atom. The largest absolute Gasteiger partial charge is 0.213 e. The first-order valence-electron chi connectivity index (χ1n) is 33.8. The zero-order valence-corrected chi connectivity index (χ0v) is 59.4. The van der Waals surface area contributed by atoms with Gasteiger partial charge in [-0.25, -0.2) is 13.7 Å². The highest BCUT2D eigenvalue weighted by molar-refractivity contribution is 6.01. The maximum atomic E-state index is 2.47. The second kappa shape index (κ2) is 22.2. The first-order chi connectivity index (χ1) is 43.9. The van der Waals surface area contributed by atoms with Crippen molar-refractivity contribution in [2.24, 2.45) is 21.1 Å². The third kappa shape index (κ3) is 9.67. The zero-order valence-electron chi connectivity index (χ0n) is 59.4. The topological polar surface area (TPSA) is 11.6 Å². The highest BCUT2D eigenvalue weighted by Gasteiger charge is 2.50. The van der Waals surface area contributed by atoms with Crippen LogP contribution < -0.4 is 13.7 Å². The van der Waals surface area contributed by atoms with Gasteiger partial charge in [0, 0.05) is 52.8 Å². The zero-order chi connectivity index (χ0) is 66.4. The summed E-state index contributed by atoms with van der Waals surface area (Å²) in [6, 6.07) is 68.5. The van der Waals surface area contributed by atoms with Gasteiger partial charge in [0.15, 0.2) is 18.6 Å². The van der Waals surface area contributed by atoms with Crippen molar-refractivity contribution in [2.75, 3.05) is 0 Å². The van der Waals surface area contributed by atoms with Crippen LogP contribution in [0.3, 0.4) is 0 Å². The summed E-state index contributed by atoms with van der Waals surface area (Å²) >= 11 is 0. The van der Waals surface area contributed by atoms with E-state index in [2.05, 4.69) is 360 Å². The minimum Gasteiger partial charge on any atom is -0.201 e. The van der Waals surface area contributed by atoms with Crippen LogP contribution in [0.4, 0.5) is 0 Å².